The molecule has 1 atom stereocenters. The van der Waals surface area contributed by atoms with E-state index in [0.29, 0.717) is 13.1 Å². The molecular weight excluding hydrogens is 176 g/mol. The Hall–Kier alpha value is -0.380. The first-order valence-corrected chi connectivity index (χ1v) is 5.26. The molecule has 1 unspecified atom stereocenters. The van der Waals surface area contributed by atoms with Crippen molar-refractivity contribution in [2.24, 2.45) is 11.1 Å². The summed E-state index contributed by atoms with van der Waals surface area (Å²) in [6, 6.07) is 0. The zero-order valence-corrected chi connectivity index (χ0v) is 9.50. The van der Waals surface area contributed by atoms with Gasteiger partial charge in [0.25, 0.3) is 0 Å². The van der Waals surface area contributed by atoms with Crippen LogP contribution in [0, 0.1) is 5.41 Å². The fourth-order valence-corrected chi connectivity index (χ4v) is 1.42. The quantitative estimate of drug-likeness (QED) is 0.571. The fraction of sp³-hybridized carbons (Fsp3) is 0.818. The maximum absolute atomic E-state index is 8.90. The Labute approximate surface area is 87.6 Å². The molecule has 3 N–H and O–H groups in total. The number of hydrogen-bond donors (Lipinski definition) is 2. The molecule has 0 saturated heterocycles. The molecule has 0 aromatic carbocycles. The Morgan fingerprint density at radius 2 is 2.21 bits per heavy atom. The largest absolute Gasteiger partial charge is 0.395 e. The highest BCUT2D eigenvalue weighted by atomic mass is 16.3. The lowest BCUT2D eigenvalue weighted by Gasteiger charge is -2.33. The lowest BCUT2D eigenvalue weighted by molar-refractivity contribution is 0.146. The number of rotatable bonds is 8. The molecule has 0 aromatic heterocycles. The van der Waals surface area contributed by atoms with Crippen molar-refractivity contribution >= 4 is 0 Å². The van der Waals surface area contributed by atoms with Crippen LogP contribution in [0.4, 0.5) is 0 Å². The zero-order valence-electron chi connectivity index (χ0n) is 9.50. The molecule has 0 rings (SSSR count). The number of nitrogens with zero attached hydrogens (tertiary/aromatic N) is 1. The Morgan fingerprint density at radius 3 is 2.57 bits per heavy atom. The molecule has 3 heteroatoms. The maximum atomic E-state index is 8.90. The van der Waals surface area contributed by atoms with Crippen molar-refractivity contribution < 1.29 is 5.11 Å². The molecule has 3 nitrogen and oxygen atoms in total. The summed E-state index contributed by atoms with van der Waals surface area (Å²) in [6.45, 7) is 11.4. The Bertz CT molecular complexity index is 155. The van der Waals surface area contributed by atoms with Crippen molar-refractivity contribution in [1.82, 2.24) is 4.90 Å². The van der Waals surface area contributed by atoms with E-state index in [4.69, 9.17) is 10.8 Å². The highest BCUT2D eigenvalue weighted by molar-refractivity contribution is 4.81. The highest BCUT2D eigenvalue weighted by Gasteiger charge is 2.22. The minimum atomic E-state index is 0.151. The van der Waals surface area contributed by atoms with Crippen LogP contribution < -0.4 is 5.73 Å². The van der Waals surface area contributed by atoms with Crippen LogP contribution in [0.1, 0.15) is 20.3 Å². The summed E-state index contributed by atoms with van der Waals surface area (Å²) in [5, 5.41) is 8.90. The molecule has 0 aromatic rings. The predicted molar refractivity (Wildman–Crippen MR) is 61.2 cm³/mol. The van der Waals surface area contributed by atoms with Crippen molar-refractivity contribution in [3.8, 4) is 0 Å². The normalized spacial score (nSPS) is 15.5. The van der Waals surface area contributed by atoms with Crippen LogP contribution >= 0.6 is 0 Å². The van der Waals surface area contributed by atoms with Crippen LogP contribution in [0.15, 0.2) is 12.7 Å². The molecule has 0 radical (unpaired) electrons. The van der Waals surface area contributed by atoms with Crippen molar-refractivity contribution in [1.29, 1.82) is 0 Å². The van der Waals surface area contributed by atoms with Gasteiger partial charge in [-0.1, -0.05) is 19.9 Å². The molecular formula is C11H24N2O. The topological polar surface area (TPSA) is 49.5 Å². The van der Waals surface area contributed by atoms with Gasteiger partial charge in [-0.25, -0.2) is 0 Å². The molecule has 0 bridgehead atoms. The van der Waals surface area contributed by atoms with Crippen LogP contribution in [0.3, 0.4) is 0 Å². The van der Waals surface area contributed by atoms with E-state index in [1.165, 1.54) is 0 Å². The number of aliphatic hydroxyl groups is 1. The Morgan fingerprint density at radius 1 is 1.57 bits per heavy atom. The molecule has 0 aliphatic carbocycles. The van der Waals surface area contributed by atoms with E-state index in [0.717, 1.165) is 19.5 Å². The average molecular weight is 200 g/mol. The molecule has 0 aliphatic heterocycles. The second kappa shape index (κ2) is 6.98. The van der Waals surface area contributed by atoms with Crippen LogP contribution in [-0.4, -0.2) is 42.8 Å². The second-order valence-corrected chi connectivity index (χ2v) is 4.12. The van der Waals surface area contributed by atoms with Crippen molar-refractivity contribution in [2.75, 3.05) is 32.8 Å². The molecule has 0 heterocycles. The third-order valence-electron chi connectivity index (χ3n) is 2.76. The lowest BCUT2D eigenvalue weighted by atomic mass is 9.87. The first-order chi connectivity index (χ1) is 6.61. The summed E-state index contributed by atoms with van der Waals surface area (Å²) in [4.78, 5) is 2.18. The Balaban J connectivity index is 4.16. The van der Waals surface area contributed by atoms with Gasteiger partial charge < -0.3 is 10.8 Å². The summed E-state index contributed by atoms with van der Waals surface area (Å²) in [5.41, 5.74) is 5.89. The van der Waals surface area contributed by atoms with Crippen molar-refractivity contribution in [2.45, 2.75) is 20.3 Å². The van der Waals surface area contributed by atoms with Gasteiger partial charge in [-0.2, -0.15) is 0 Å². The number of aliphatic hydroxyl groups excluding tert-OH is 1. The van der Waals surface area contributed by atoms with E-state index in [1.807, 2.05) is 6.08 Å². The van der Waals surface area contributed by atoms with E-state index in [2.05, 4.69) is 25.3 Å². The number of hydrogen-bond acceptors (Lipinski definition) is 3. The van der Waals surface area contributed by atoms with Gasteiger partial charge in [0, 0.05) is 19.6 Å². The maximum Gasteiger partial charge on any atom is 0.0558 e. The van der Waals surface area contributed by atoms with Crippen LogP contribution in [0.5, 0.6) is 0 Å². The molecule has 0 amide bonds. The van der Waals surface area contributed by atoms with Gasteiger partial charge in [0.1, 0.15) is 0 Å². The molecule has 14 heavy (non-hydrogen) atoms. The molecule has 0 spiro atoms. The van der Waals surface area contributed by atoms with Gasteiger partial charge in [-0.15, -0.1) is 6.58 Å². The van der Waals surface area contributed by atoms with E-state index >= 15 is 0 Å². The summed E-state index contributed by atoms with van der Waals surface area (Å²) in [6.07, 6.45) is 2.92. The summed E-state index contributed by atoms with van der Waals surface area (Å²) < 4.78 is 0. The average Bonchev–Trinajstić information content (AvgIpc) is 2.18. The summed E-state index contributed by atoms with van der Waals surface area (Å²) in [5.74, 6) is 0. The number of nitrogens with two attached hydrogens (primary N) is 1. The molecule has 0 aliphatic rings. The van der Waals surface area contributed by atoms with Gasteiger partial charge in [0.05, 0.1) is 6.61 Å². The third kappa shape index (κ3) is 4.74. The van der Waals surface area contributed by atoms with Gasteiger partial charge in [-0.3, -0.25) is 4.90 Å². The zero-order chi connectivity index (χ0) is 11.0. The first kappa shape index (κ1) is 13.6. The third-order valence-corrected chi connectivity index (χ3v) is 2.76. The predicted octanol–water partition coefficient (Wildman–Crippen LogP) is 0.842. The van der Waals surface area contributed by atoms with Gasteiger partial charge in [0.2, 0.25) is 0 Å². The van der Waals surface area contributed by atoms with Crippen LogP contribution in [-0.2, 0) is 0 Å². The standard InChI is InChI=1S/C11H24N2O/c1-4-6-13(7-8-14)10-11(3,5-2)9-12/h4,14H,1,5-10,12H2,2-3H3. The Kier molecular flexibility index (Phi) is 6.79. The van der Waals surface area contributed by atoms with Gasteiger partial charge in [0.15, 0.2) is 0 Å². The van der Waals surface area contributed by atoms with Crippen LogP contribution in [0.25, 0.3) is 0 Å². The molecule has 0 fully saturated rings. The summed E-state index contributed by atoms with van der Waals surface area (Å²) >= 11 is 0. The van der Waals surface area contributed by atoms with E-state index in [-0.39, 0.29) is 12.0 Å². The SMILES string of the molecule is C=CCN(CCO)CC(C)(CC)CN. The van der Waals surface area contributed by atoms with Crippen molar-refractivity contribution in [3.05, 3.63) is 12.7 Å². The smallest absolute Gasteiger partial charge is 0.0558 e. The molecule has 0 saturated carbocycles. The monoisotopic (exact) mass is 200 g/mol. The van der Waals surface area contributed by atoms with Gasteiger partial charge >= 0.3 is 0 Å². The van der Waals surface area contributed by atoms with Crippen molar-refractivity contribution in [3.63, 3.8) is 0 Å². The lowest BCUT2D eigenvalue weighted by Crippen LogP contribution is -2.41. The minimum Gasteiger partial charge on any atom is -0.395 e. The van der Waals surface area contributed by atoms with E-state index < -0.39 is 0 Å². The molecule has 84 valence electrons. The van der Waals surface area contributed by atoms with E-state index in [1.54, 1.807) is 0 Å². The van der Waals surface area contributed by atoms with Crippen LogP contribution in [0.2, 0.25) is 0 Å². The second-order valence-electron chi connectivity index (χ2n) is 4.12. The van der Waals surface area contributed by atoms with Gasteiger partial charge in [-0.05, 0) is 18.4 Å². The fourth-order valence-electron chi connectivity index (χ4n) is 1.42. The highest BCUT2D eigenvalue weighted by Crippen LogP contribution is 2.20. The minimum absolute atomic E-state index is 0.151. The van der Waals surface area contributed by atoms with E-state index in [9.17, 15) is 0 Å². The first-order valence-electron chi connectivity index (χ1n) is 5.26. The summed E-state index contributed by atoms with van der Waals surface area (Å²) in [7, 11) is 0.